The Labute approximate surface area is 69.4 Å². The molecule has 0 aliphatic heterocycles. The van der Waals surface area contributed by atoms with Crippen molar-refractivity contribution in [1.29, 1.82) is 0 Å². The van der Waals surface area contributed by atoms with Crippen molar-refractivity contribution in [2.45, 2.75) is 12.7 Å². The first kappa shape index (κ1) is 10.6. The second-order valence-corrected chi connectivity index (χ2v) is 2.03. The summed E-state index contributed by atoms with van der Waals surface area (Å²) in [5, 5.41) is 8.45. The zero-order valence-corrected chi connectivity index (χ0v) is 6.43. The summed E-state index contributed by atoms with van der Waals surface area (Å²) in [6.45, 7) is 3.28. The first-order valence-electron chi connectivity index (χ1n) is 3.17. The van der Waals surface area contributed by atoms with E-state index in [-0.39, 0.29) is 6.42 Å². The number of nitrogens with two attached hydrogens (primary N) is 2. The monoisotopic (exact) mass is 173 g/mol. The number of imide groups is 1. The van der Waals surface area contributed by atoms with Crippen molar-refractivity contribution in [3.8, 4) is 0 Å². The molecule has 0 fully saturated rings. The molecule has 0 spiro atoms. The Hall–Kier alpha value is -1.40. The van der Waals surface area contributed by atoms with E-state index in [0.717, 1.165) is 0 Å². The van der Waals surface area contributed by atoms with Crippen LogP contribution in [0.1, 0.15) is 6.42 Å². The molecule has 5 N–H and O–H groups in total. The normalized spacial score (nSPS) is 9.58. The predicted octanol–water partition coefficient (Wildman–Crippen LogP) is -0.730. The summed E-state index contributed by atoms with van der Waals surface area (Å²) in [6.07, 6.45) is -1.61. The summed E-state index contributed by atoms with van der Waals surface area (Å²) in [5.74, 6) is -0.687. The molecule has 0 aromatic rings. The van der Waals surface area contributed by atoms with E-state index in [1.54, 1.807) is 0 Å². The van der Waals surface area contributed by atoms with Crippen LogP contribution in [0, 0.1) is 0 Å². The van der Waals surface area contributed by atoms with Crippen molar-refractivity contribution in [3.63, 3.8) is 0 Å². The topological polar surface area (TPSA) is 110 Å². The smallest absolute Gasteiger partial charge is 0.416 e. The lowest BCUT2D eigenvalue weighted by molar-refractivity contribution is -0.129. The standard InChI is InChI=1S/C6H11N3O3/c1-2-3-4(10)9(5(7)8)6(11)12/h2,5H,1,3,7-8H2,(H,11,12). The summed E-state index contributed by atoms with van der Waals surface area (Å²) in [4.78, 5) is 21.7. The molecule has 2 amide bonds. The fourth-order valence-electron chi connectivity index (χ4n) is 0.622. The van der Waals surface area contributed by atoms with Gasteiger partial charge in [-0.2, -0.15) is 0 Å². The quantitative estimate of drug-likeness (QED) is 0.385. The minimum atomic E-state index is -1.46. The van der Waals surface area contributed by atoms with Crippen LogP contribution >= 0.6 is 0 Å². The molecule has 68 valence electrons. The second kappa shape index (κ2) is 4.47. The third-order valence-corrected chi connectivity index (χ3v) is 1.09. The molecular formula is C6H11N3O3. The zero-order valence-electron chi connectivity index (χ0n) is 6.43. The van der Waals surface area contributed by atoms with Gasteiger partial charge in [0.15, 0.2) is 0 Å². The number of amides is 2. The van der Waals surface area contributed by atoms with Gasteiger partial charge in [0.05, 0.1) is 0 Å². The fourth-order valence-corrected chi connectivity index (χ4v) is 0.622. The molecule has 0 aliphatic rings. The number of hydrogen-bond acceptors (Lipinski definition) is 4. The van der Waals surface area contributed by atoms with Gasteiger partial charge in [-0.3, -0.25) is 16.3 Å². The number of carbonyl (C=O) groups is 2. The van der Waals surface area contributed by atoms with Crippen LogP contribution in [0.15, 0.2) is 12.7 Å². The van der Waals surface area contributed by atoms with Crippen molar-refractivity contribution in [2.75, 3.05) is 0 Å². The lowest BCUT2D eigenvalue weighted by Crippen LogP contribution is -2.53. The summed E-state index contributed by atoms with van der Waals surface area (Å²) in [6, 6.07) is 0. The highest BCUT2D eigenvalue weighted by atomic mass is 16.4. The largest absolute Gasteiger partial charge is 0.465 e. The van der Waals surface area contributed by atoms with Gasteiger partial charge in [-0.05, 0) is 0 Å². The van der Waals surface area contributed by atoms with Crippen LogP contribution in [-0.4, -0.2) is 28.3 Å². The van der Waals surface area contributed by atoms with Gasteiger partial charge < -0.3 is 5.11 Å². The van der Waals surface area contributed by atoms with Gasteiger partial charge in [0.1, 0.15) is 6.29 Å². The van der Waals surface area contributed by atoms with E-state index in [9.17, 15) is 9.59 Å². The summed E-state index contributed by atoms with van der Waals surface area (Å²) >= 11 is 0. The lowest BCUT2D eigenvalue weighted by atomic mass is 10.4. The summed E-state index contributed by atoms with van der Waals surface area (Å²) < 4.78 is 0. The molecule has 0 radical (unpaired) electrons. The Kier molecular flexibility index (Phi) is 3.95. The zero-order chi connectivity index (χ0) is 9.72. The van der Waals surface area contributed by atoms with Gasteiger partial charge in [0.2, 0.25) is 5.91 Å². The third-order valence-electron chi connectivity index (χ3n) is 1.09. The van der Waals surface area contributed by atoms with E-state index in [2.05, 4.69) is 6.58 Å². The molecule has 0 rings (SSSR count). The molecule has 0 bridgehead atoms. The van der Waals surface area contributed by atoms with E-state index < -0.39 is 18.3 Å². The Morgan fingerprint density at radius 3 is 2.33 bits per heavy atom. The Balaban J connectivity index is 4.40. The van der Waals surface area contributed by atoms with Gasteiger partial charge in [-0.15, -0.1) is 6.58 Å². The van der Waals surface area contributed by atoms with Gasteiger partial charge in [-0.25, -0.2) is 9.69 Å². The molecule has 0 aromatic carbocycles. The molecule has 0 unspecified atom stereocenters. The van der Waals surface area contributed by atoms with E-state index >= 15 is 0 Å². The first-order chi connectivity index (χ1) is 5.50. The maximum Gasteiger partial charge on any atom is 0.416 e. The Morgan fingerprint density at radius 1 is 1.58 bits per heavy atom. The van der Waals surface area contributed by atoms with Gasteiger partial charge in [0, 0.05) is 6.42 Å². The predicted molar refractivity (Wildman–Crippen MR) is 41.8 cm³/mol. The highest BCUT2D eigenvalue weighted by Gasteiger charge is 2.22. The maximum absolute atomic E-state index is 10.9. The molecule has 0 saturated carbocycles. The van der Waals surface area contributed by atoms with Crippen LogP contribution < -0.4 is 11.5 Å². The molecule has 0 saturated heterocycles. The average molecular weight is 173 g/mol. The molecule has 0 atom stereocenters. The lowest BCUT2D eigenvalue weighted by Gasteiger charge is -2.19. The van der Waals surface area contributed by atoms with Crippen molar-refractivity contribution >= 4 is 12.0 Å². The molecule has 6 nitrogen and oxygen atoms in total. The van der Waals surface area contributed by atoms with Crippen molar-refractivity contribution in [2.24, 2.45) is 11.5 Å². The third kappa shape index (κ3) is 2.69. The van der Waals surface area contributed by atoms with Crippen LogP contribution in [0.3, 0.4) is 0 Å². The summed E-state index contributed by atoms with van der Waals surface area (Å²) in [7, 11) is 0. The number of rotatable bonds is 3. The van der Waals surface area contributed by atoms with Gasteiger partial charge in [0.25, 0.3) is 0 Å². The number of carbonyl (C=O) groups excluding carboxylic acids is 1. The highest BCUT2D eigenvalue weighted by Crippen LogP contribution is 1.95. The Morgan fingerprint density at radius 2 is 2.08 bits per heavy atom. The molecule has 12 heavy (non-hydrogen) atoms. The molecule has 6 heteroatoms. The minimum absolute atomic E-state index is 0.100. The second-order valence-electron chi connectivity index (χ2n) is 2.03. The molecule has 0 aliphatic carbocycles. The van der Waals surface area contributed by atoms with Gasteiger partial charge >= 0.3 is 6.09 Å². The number of nitrogens with zero attached hydrogens (tertiary/aromatic N) is 1. The number of hydrogen-bond donors (Lipinski definition) is 3. The molecule has 0 heterocycles. The highest BCUT2D eigenvalue weighted by molar-refractivity contribution is 5.92. The Bertz CT molecular complexity index is 202. The van der Waals surface area contributed by atoms with Crippen molar-refractivity contribution in [3.05, 3.63) is 12.7 Å². The average Bonchev–Trinajstić information content (AvgIpc) is 1.85. The van der Waals surface area contributed by atoms with E-state index in [1.807, 2.05) is 0 Å². The van der Waals surface area contributed by atoms with E-state index in [1.165, 1.54) is 6.08 Å². The SMILES string of the molecule is C=CCC(=O)N(C(=O)O)C(N)N. The first-order valence-corrected chi connectivity index (χ1v) is 3.17. The van der Waals surface area contributed by atoms with Crippen LogP contribution in [-0.2, 0) is 4.79 Å². The van der Waals surface area contributed by atoms with Crippen molar-refractivity contribution in [1.82, 2.24) is 4.90 Å². The summed E-state index contributed by atoms with van der Waals surface area (Å²) in [5.41, 5.74) is 10.1. The van der Waals surface area contributed by atoms with Crippen LogP contribution in [0.4, 0.5) is 4.79 Å². The minimum Gasteiger partial charge on any atom is -0.465 e. The van der Waals surface area contributed by atoms with Crippen molar-refractivity contribution < 1.29 is 14.7 Å². The fraction of sp³-hybridized carbons (Fsp3) is 0.333. The van der Waals surface area contributed by atoms with Gasteiger partial charge in [-0.1, -0.05) is 6.08 Å². The molecule has 0 aromatic heterocycles. The van der Waals surface area contributed by atoms with E-state index in [4.69, 9.17) is 16.6 Å². The maximum atomic E-state index is 10.9. The number of carboxylic acid groups (broad SMARTS) is 1. The van der Waals surface area contributed by atoms with E-state index in [0.29, 0.717) is 4.90 Å². The van der Waals surface area contributed by atoms with Crippen LogP contribution in [0.2, 0.25) is 0 Å². The van der Waals surface area contributed by atoms with Crippen LogP contribution in [0.5, 0.6) is 0 Å². The van der Waals surface area contributed by atoms with Crippen LogP contribution in [0.25, 0.3) is 0 Å². The molecular weight excluding hydrogens is 162 g/mol.